The summed E-state index contributed by atoms with van der Waals surface area (Å²) >= 11 is 0. The van der Waals surface area contributed by atoms with Crippen LogP contribution in [0.15, 0.2) is 93.4 Å². The summed E-state index contributed by atoms with van der Waals surface area (Å²) in [5.74, 6) is -0.455. The van der Waals surface area contributed by atoms with Gasteiger partial charge >= 0.3 is 5.69 Å². The Labute approximate surface area is 179 Å². The van der Waals surface area contributed by atoms with Gasteiger partial charge in [-0.2, -0.15) is 0 Å². The molecule has 0 amide bonds. The highest BCUT2D eigenvalue weighted by molar-refractivity contribution is 5.85. The number of para-hydroxylation sites is 3. The molecule has 1 N–H and O–H groups in total. The van der Waals surface area contributed by atoms with Crippen LogP contribution < -0.4 is 11.2 Å². The predicted octanol–water partition coefficient (Wildman–Crippen LogP) is 4.06. The monoisotopic (exact) mass is 411 g/mol. The minimum absolute atomic E-state index is 0.0741. The van der Waals surface area contributed by atoms with Gasteiger partial charge in [-0.05, 0) is 49.2 Å². The van der Waals surface area contributed by atoms with E-state index in [0.29, 0.717) is 17.1 Å². The van der Waals surface area contributed by atoms with E-state index in [2.05, 4.69) is 4.99 Å². The van der Waals surface area contributed by atoms with E-state index in [-0.39, 0.29) is 5.56 Å². The average molecular weight is 411 g/mol. The molecule has 0 aliphatic carbocycles. The molecule has 0 atom stereocenters. The second kappa shape index (κ2) is 8.28. The molecule has 0 saturated carbocycles. The Kier molecular flexibility index (Phi) is 5.37. The Morgan fingerprint density at radius 1 is 0.742 bits per heavy atom. The second-order valence-electron chi connectivity index (χ2n) is 7.17. The molecule has 0 spiro atoms. The summed E-state index contributed by atoms with van der Waals surface area (Å²) in [6.45, 7) is 3.85. The molecule has 6 nitrogen and oxygen atoms in total. The van der Waals surface area contributed by atoms with Crippen molar-refractivity contribution in [3.05, 3.63) is 116 Å². The zero-order valence-corrected chi connectivity index (χ0v) is 17.2. The lowest BCUT2D eigenvalue weighted by atomic mass is 10.1. The number of aryl methyl sites for hydroxylation is 2. The number of aromatic nitrogens is 2. The van der Waals surface area contributed by atoms with Gasteiger partial charge in [-0.15, -0.1) is 0 Å². The van der Waals surface area contributed by atoms with Crippen molar-refractivity contribution in [2.24, 2.45) is 4.99 Å². The first-order chi connectivity index (χ1) is 15.0. The first-order valence-corrected chi connectivity index (χ1v) is 9.81. The molecule has 3 aromatic carbocycles. The van der Waals surface area contributed by atoms with Gasteiger partial charge in [-0.3, -0.25) is 9.79 Å². The van der Waals surface area contributed by atoms with Crippen LogP contribution in [0.4, 0.5) is 5.69 Å². The third-order valence-electron chi connectivity index (χ3n) is 5.06. The number of hydrogen-bond acceptors (Lipinski definition) is 4. The van der Waals surface area contributed by atoms with Gasteiger partial charge in [0.25, 0.3) is 5.56 Å². The largest absolute Gasteiger partial charge is 0.493 e. The number of aromatic hydroxyl groups is 1. The molecule has 31 heavy (non-hydrogen) atoms. The van der Waals surface area contributed by atoms with E-state index in [1.807, 2.05) is 38.1 Å². The Bertz CT molecular complexity index is 1370. The Hall–Kier alpha value is -4.19. The quantitative estimate of drug-likeness (QED) is 0.515. The van der Waals surface area contributed by atoms with Gasteiger partial charge in [0.1, 0.15) is 5.56 Å². The molecule has 4 rings (SSSR count). The fraction of sp³-hybridized carbons (Fsp3) is 0.0800. The standard InChI is InChI=1S/C25H21N3O3/c1-17-10-9-11-18(2)22(17)26-16-21-23(29)27(19-12-5-3-6-13-19)25(31)28(24(21)30)20-14-7-4-8-15-20/h3-16,29H,1-2H3. The van der Waals surface area contributed by atoms with Gasteiger partial charge in [0.15, 0.2) is 0 Å². The van der Waals surface area contributed by atoms with Gasteiger partial charge in [0.05, 0.1) is 17.1 Å². The van der Waals surface area contributed by atoms with Crippen molar-refractivity contribution >= 4 is 11.9 Å². The summed E-state index contributed by atoms with van der Waals surface area (Å²) in [5, 5.41) is 11.0. The molecule has 0 saturated heterocycles. The normalized spacial score (nSPS) is 11.2. The summed E-state index contributed by atoms with van der Waals surface area (Å²) in [6, 6.07) is 23.1. The Morgan fingerprint density at radius 2 is 1.26 bits per heavy atom. The number of hydrogen-bond donors (Lipinski definition) is 1. The van der Waals surface area contributed by atoms with Crippen molar-refractivity contribution in [3.8, 4) is 17.3 Å². The number of nitrogens with zero attached hydrogens (tertiary/aromatic N) is 3. The molecule has 0 unspecified atom stereocenters. The molecule has 0 fully saturated rings. The minimum atomic E-state index is -0.663. The molecular formula is C25H21N3O3. The minimum Gasteiger partial charge on any atom is -0.493 e. The van der Waals surface area contributed by atoms with Gasteiger partial charge < -0.3 is 5.11 Å². The number of rotatable bonds is 4. The van der Waals surface area contributed by atoms with E-state index in [4.69, 9.17) is 0 Å². The lowest BCUT2D eigenvalue weighted by Crippen LogP contribution is -2.40. The van der Waals surface area contributed by atoms with Crippen LogP contribution in [0.3, 0.4) is 0 Å². The molecule has 0 aliphatic heterocycles. The van der Waals surface area contributed by atoms with Gasteiger partial charge in [-0.25, -0.2) is 13.9 Å². The summed E-state index contributed by atoms with van der Waals surface area (Å²) in [4.78, 5) is 31.0. The fourth-order valence-electron chi connectivity index (χ4n) is 3.48. The first kappa shape index (κ1) is 20.1. The zero-order chi connectivity index (χ0) is 22.0. The third-order valence-corrected chi connectivity index (χ3v) is 5.06. The van der Waals surface area contributed by atoms with E-state index in [1.54, 1.807) is 54.6 Å². The van der Waals surface area contributed by atoms with Crippen LogP contribution in [0, 0.1) is 13.8 Å². The van der Waals surface area contributed by atoms with Crippen LogP contribution in [0.25, 0.3) is 11.4 Å². The maximum atomic E-state index is 13.3. The van der Waals surface area contributed by atoms with Crippen LogP contribution in [-0.4, -0.2) is 20.5 Å². The highest BCUT2D eigenvalue weighted by Gasteiger charge is 2.20. The van der Waals surface area contributed by atoms with Crippen molar-refractivity contribution in [3.63, 3.8) is 0 Å². The SMILES string of the molecule is Cc1cccc(C)c1N=Cc1c(O)n(-c2ccccc2)c(=O)n(-c2ccccc2)c1=O. The van der Waals surface area contributed by atoms with Crippen molar-refractivity contribution in [1.82, 2.24) is 9.13 Å². The third kappa shape index (κ3) is 3.71. The molecule has 1 heterocycles. The molecule has 1 aromatic heterocycles. The Morgan fingerprint density at radius 3 is 1.81 bits per heavy atom. The molecular weight excluding hydrogens is 390 g/mol. The molecule has 4 aromatic rings. The highest BCUT2D eigenvalue weighted by atomic mass is 16.3. The van der Waals surface area contributed by atoms with Crippen molar-refractivity contribution in [1.29, 1.82) is 0 Å². The van der Waals surface area contributed by atoms with E-state index < -0.39 is 17.1 Å². The Balaban J connectivity index is 2.03. The topological polar surface area (TPSA) is 76.6 Å². The van der Waals surface area contributed by atoms with Crippen molar-refractivity contribution < 1.29 is 5.11 Å². The molecule has 6 heteroatoms. The molecule has 0 radical (unpaired) electrons. The van der Waals surface area contributed by atoms with Crippen LogP contribution in [0.1, 0.15) is 16.7 Å². The molecule has 154 valence electrons. The van der Waals surface area contributed by atoms with Gasteiger partial charge in [0.2, 0.25) is 5.88 Å². The lowest BCUT2D eigenvalue weighted by Gasteiger charge is -2.14. The zero-order valence-electron chi connectivity index (χ0n) is 17.2. The second-order valence-corrected chi connectivity index (χ2v) is 7.17. The number of benzene rings is 3. The molecule has 0 bridgehead atoms. The maximum Gasteiger partial charge on any atom is 0.343 e. The smallest absolute Gasteiger partial charge is 0.343 e. The van der Waals surface area contributed by atoms with Crippen molar-refractivity contribution in [2.45, 2.75) is 13.8 Å². The first-order valence-electron chi connectivity index (χ1n) is 9.81. The van der Waals surface area contributed by atoms with E-state index in [1.165, 1.54) is 6.21 Å². The van der Waals surface area contributed by atoms with Gasteiger partial charge in [0, 0.05) is 6.21 Å². The van der Waals surface area contributed by atoms with E-state index >= 15 is 0 Å². The van der Waals surface area contributed by atoms with E-state index in [0.717, 1.165) is 20.3 Å². The van der Waals surface area contributed by atoms with Crippen LogP contribution in [-0.2, 0) is 0 Å². The van der Waals surface area contributed by atoms with E-state index in [9.17, 15) is 14.7 Å². The van der Waals surface area contributed by atoms with Gasteiger partial charge in [-0.1, -0.05) is 54.6 Å². The van der Waals surface area contributed by atoms with Crippen LogP contribution >= 0.6 is 0 Å². The average Bonchev–Trinajstić information content (AvgIpc) is 2.77. The maximum absolute atomic E-state index is 13.3. The number of aliphatic imine (C=N–C) groups is 1. The summed E-state index contributed by atoms with van der Waals surface area (Å²) in [5.41, 5.74) is 2.06. The predicted molar refractivity (Wildman–Crippen MR) is 122 cm³/mol. The fourth-order valence-corrected chi connectivity index (χ4v) is 3.48. The van der Waals surface area contributed by atoms with Crippen LogP contribution in [0.5, 0.6) is 5.88 Å². The highest BCUT2D eigenvalue weighted by Crippen LogP contribution is 2.24. The lowest BCUT2D eigenvalue weighted by molar-refractivity contribution is 0.427. The van der Waals surface area contributed by atoms with Crippen LogP contribution in [0.2, 0.25) is 0 Å². The van der Waals surface area contributed by atoms with Crippen molar-refractivity contribution in [2.75, 3.05) is 0 Å². The summed E-state index contributed by atoms with van der Waals surface area (Å²) < 4.78 is 2.15. The summed E-state index contributed by atoms with van der Waals surface area (Å²) in [6.07, 6.45) is 1.32. The summed E-state index contributed by atoms with van der Waals surface area (Å²) in [7, 11) is 0. The molecule has 0 aliphatic rings.